The molecule has 0 unspecified atom stereocenters. The number of hydrogen-bond donors (Lipinski definition) is 5. The number of ether oxygens (including phenoxy) is 2. The van der Waals surface area contributed by atoms with Gasteiger partial charge in [0.1, 0.15) is 23.4 Å². The number of pyridine rings is 1. The first kappa shape index (κ1) is 28.9. The molecule has 5 N–H and O–H groups in total. The Morgan fingerprint density at radius 3 is 2.56 bits per heavy atom. The summed E-state index contributed by atoms with van der Waals surface area (Å²) in [7, 11) is 1.56. The van der Waals surface area contributed by atoms with Crippen LogP contribution in [0.5, 0.6) is 11.6 Å². The first-order valence-electron chi connectivity index (χ1n) is 13.4. The van der Waals surface area contributed by atoms with Crippen molar-refractivity contribution in [3.05, 3.63) is 52.3 Å². The summed E-state index contributed by atoms with van der Waals surface area (Å²) in [4.78, 5) is 13.9. The fourth-order valence-electron chi connectivity index (χ4n) is 5.20. The molecule has 3 heterocycles. The molecule has 4 aromatic rings. The molecule has 0 amide bonds. The third kappa shape index (κ3) is 5.89. The van der Waals surface area contributed by atoms with Crippen molar-refractivity contribution < 1.29 is 29.2 Å². The minimum Gasteiger partial charge on any atom is -0.495 e. The molecule has 4 atom stereocenters. The predicted octanol–water partition coefficient (Wildman–Crippen LogP) is 4.09. The fraction of sp³-hybridized carbons (Fsp3) is 0.414. The monoisotopic (exact) mass is 583 g/mol. The molecule has 0 saturated heterocycles. The van der Waals surface area contributed by atoms with Crippen LogP contribution >= 0.6 is 11.6 Å². The van der Waals surface area contributed by atoms with Crippen molar-refractivity contribution in [1.82, 2.24) is 15.0 Å². The zero-order chi connectivity index (χ0) is 29.3. The molecular formula is C29H34ClN5O6. The van der Waals surface area contributed by atoms with E-state index in [9.17, 15) is 15.3 Å². The van der Waals surface area contributed by atoms with Crippen molar-refractivity contribution in [2.45, 2.75) is 52.0 Å². The second kappa shape index (κ2) is 12.1. The van der Waals surface area contributed by atoms with Gasteiger partial charge in [0.25, 0.3) is 0 Å². The highest BCUT2D eigenvalue weighted by atomic mass is 35.5. The summed E-state index contributed by atoms with van der Waals surface area (Å²) in [6.07, 6.45) is -1.79. The number of hydrogen-bond acceptors (Lipinski definition) is 11. The van der Waals surface area contributed by atoms with E-state index in [1.54, 1.807) is 19.2 Å². The molecule has 1 aliphatic rings. The molecule has 1 fully saturated rings. The minimum absolute atomic E-state index is 0.235. The summed E-state index contributed by atoms with van der Waals surface area (Å²) in [5.74, 6) is 1.91. The second-order valence-electron chi connectivity index (χ2n) is 10.1. The molecule has 11 nitrogen and oxygen atoms in total. The lowest BCUT2D eigenvalue weighted by Gasteiger charge is -2.21. The van der Waals surface area contributed by atoms with Crippen LogP contribution in [-0.4, -0.2) is 68.8 Å². The topological polar surface area (TPSA) is 155 Å². The van der Waals surface area contributed by atoms with E-state index < -0.39 is 24.2 Å². The van der Waals surface area contributed by atoms with E-state index in [2.05, 4.69) is 20.6 Å². The number of methoxy groups -OCH3 is 1. The summed E-state index contributed by atoms with van der Waals surface area (Å²) >= 11 is 6.29. The number of benzene rings is 1. The van der Waals surface area contributed by atoms with Gasteiger partial charge in [0.15, 0.2) is 5.58 Å². The van der Waals surface area contributed by atoms with E-state index in [-0.39, 0.29) is 6.61 Å². The normalized spacial score (nSPS) is 20.4. The van der Waals surface area contributed by atoms with Gasteiger partial charge in [-0.05, 0) is 51.0 Å². The van der Waals surface area contributed by atoms with Crippen LogP contribution in [-0.2, 0) is 6.54 Å². The van der Waals surface area contributed by atoms with Crippen LogP contribution in [0.15, 0.2) is 34.7 Å². The predicted molar refractivity (Wildman–Crippen MR) is 156 cm³/mol. The molecule has 0 spiro atoms. The largest absolute Gasteiger partial charge is 0.495 e. The lowest BCUT2D eigenvalue weighted by molar-refractivity contribution is 0.00446. The number of aliphatic hydroxyl groups excluding tert-OH is 3. The smallest absolute Gasteiger partial charge is 0.225 e. The van der Waals surface area contributed by atoms with Gasteiger partial charge in [-0.1, -0.05) is 17.7 Å². The summed E-state index contributed by atoms with van der Waals surface area (Å²) in [5.41, 5.74) is 3.43. The van der Waals surface area contributed by atoms with Gasteiger partial charge in [-0.25, -0.2) is 9.97 Å². The Hall–Kier alpha value is -3.64. The van der Waals surface area contributed by atoms with Crippen LogP contribution in [0.4, 0.5) is 11.8 Å². The Labute approximate surface area is 242 Å². The van der Waals surface area contributed by atoms with Crippen molar-refractivity contribution in [2.24, 2.45) is 5.92 Å². The third-order valence-corrected chi connectivity index (χ3v) is 7.60. The molecule has 5 rings (SSSR count). The first-order chi connectivity index (χ1) is 19.7. The number of halogens is 1. The number of fused-ring (bicyclic) bond motifs is 1. The van der Waals surface area contributed by atoms with Gasteiger partial charge in [-0.15, -0.1) is 0 Å². The standard InChI is InChI=1S/C29H34ClN5O6/c1-5-40-23-11-17-10-22(41-27(17)15(3)32-23)24-14(2)33-29(31-12-16-6-7-21(39-4)19(30)8-16)35-28(24)34-20-9-18(13-36)25(37)26(20)38/h6-8,10-11,18,20,25-26,36-38H,5,9,12-13H2,1-4H3,(H2,31,33,34,35)/t18-,20-,25-,26+/m1/s1. The van der Waals surface area contributed by atoms with E-state index in [0.717, 1.165) is 10.9 Å². The average Bonchev–Trinajstić information content (AvgIpc) is 3.48. The van der Waals surface area contributed by atoms with E-state index >= 15 is 0 Å². The SMILES string of the molecule is CCOc1cc2cc(-c3c(C)nc(NCc4ccc(OC)c(Cl)c4)nc3N[C@@H]3C[C@H](CO)[C@@H](O)[C@H]3O)oc2c(C)n1. The van der Waals surface area contributed by atoms with E-state index in [1.165, 1.54) is 0 Å². The molecule has 218 valence electrons. The van der Waals surface area contributed by atoms with Crippen LogP contribution in [0.3, 0.4) is 0 Å². The highest BCUT2D eigenvalue weighted by Gasteiger charge is 2.41. The fourth-order valence-corrected chi connectivity index (χ4v) is 5.48. The first-order valence-corrected chi connectivity index (χ1v) is 13.8. The van der Waals surface area contributed by atoms with E-state index in [0.29, 0.717) is 76.3 Å². The molecule has 3 aromatic heterocycles. The van der Waals surface area contributed by atoms with Gasteiger partial charge < -0.3 is 39.8 Å². The molecule has 0 aliphatic heterocycles. The highest BCUT2D eigenvalue weighted by molar-refractivity contribution is 6.32. The Morgan fingerprint density at radius 2 is 1.88 bits per heavy atom. The van der Waals surface area contributed by atoms with Crippen LogP contribution in [0.1, 0.15) is 30.3 Å². The van der Waals surface area contributed by atoms with Gasteiger partial charge in [-0.2, -0.15) is 4.98 Å². The maximum absolute atomic E-state index is 10.7. The second-order valence-corrected chi connectivity index (χ2v) is 10.5. The van der Waals surface area contributed by atoms with Crippen molar-refractivity contribution in [2.75, 3.05) is 31.0 Å². The number of aryl methyl sites for hydroxylation is 2. The number of rotatable bonds is 10. The molecule has 0 radical (unpaired) electrons. The maximum atomic E-state index is 10.7. The van der Waals surface area contributed by atoms with Gasteiger partial charge in [0, 0.05) is 30.5 Å². The third-order valence-electron chi connectivity index (χ3n) is 7.30. The summed E-state index contributed by atoms with van der Waals surface area (Å²) in [6.45, 7) is 6.25. The number of aliphatic hydroxyl groups is 3. The van der Waals surface area contributed by atoms with E-state index in [4.69, 9.17) is 30.5 Å². The molecule has 1 aliphatic carbocycles. The number of nitrogens with one attached hydrogen (secondary N) is 2. The lowest BCUT2D eigenvalue weighted by atomic mass is 10.1. The Bertz CT molecular complexity index is 1550. The zero-order valence-corrected chi connectivity index (χ0v) is 24.1. The van der Waals surface area contributed by atoms with E-state index in [1.807, 2.05) is 39.0 Å². The van der Waals surface area contributed by atoms with Crippen molar-refractivity contribution in [3.8, 4) is 23.0 Å². The van der Waals surface area contributed by atoms with Crippen LogP contribution in [0.2, 0.25) is 5.02 Å². The average molecular weight is 584 g/mol. The van der Waals surface area contributed by atoms with Crippen molar-refractivity contribution >= 4 is 34.3 Å². The Balaban J connectivity index is 1.52. The number of furan rings is 1. The highest BCUT2D eigenvalue weighted by Crippen LogP contribution is 2.38. The Morgan fingerprint density at radius 1 is 1.07 bits per heavy atom. The minimum atomic E-state index is -1.09. The van der Waals surface area contributed by atoms with Crippen molar-refractivity contribution in [3.63, 3.8) is 0 Å². The molecule has 1 aromatic carbocycles. The van der Waals surface area contributed by atoms with Crippen LogP contribution < -0.4 is 20.1 Å². The summed E-state index contributed by atoms with van der Waals surface area (Å²) in [6, 6.07) is 8.64. The van der Waals surface area contributed by atoms with Gasteiger partial charge >= 0.3 is 0 Å². The van der Waals surface area contributed by atoms with Gasteiger partial charge in [-0.3, -0.25) is 0 Å². The number of nitrogens with zero attached hydrogens (tertiary/aromatic N) is 3. The molecular weight excluding hydrogens is 550 g/mol. The molecule has 0 bridgehead atoms. The van der Waals surface area contributed by atoms with Crippen LogP contribution in [0.25, 0.3) is 22.3 Å². The lowest BCUT2D eigenvalue weighted by Crippen LogP contribution is -2.35. The quantitative estimate of drug-likeness (QED) is 0.183. The maximum Gasteiger partial charge on any atom is 0.225 e. The molecule has 1 saturated carbocycles. The number of aromatic nitrogens is 3. The van der Waals surface area contributed by atoms with Gasteiger partial charge in [0.05, 0.1) is 47.8 Å². The van der Waals surface area contributed by atoms with Crippen LogP contribution in [0, 0.1) is 19.8 Å². The Kier molecular flexibility index (Phi) is 8.50. The summed E-state index contributed by atoms with van der Waals surface area (Å²) in [5, 5.41) is 38.7. The van der Waals surface area contributed by atoms with Crippen molar-refractivity contribution in [1.29, 1.82) is 0 Å². The number of anilines is 2. The molecule has 41 heavy (non-hydrogen) atoms. The molecule has 12 heteroatoms. The zero-order valence-electron chi connectivity index (χ0n) is 23.3. The van der Waals surface area contributed by atoms with Gasteiger partial charge in [0.2, 0.25) is 11.8 Å². The summed E-state index contributed by atoms with van der Waals surface area (Å²) < 4.78 is 17.1.